The molecular weight excluding hydrogens is 220 g/mol. The first kappa shape index (κ1) is 13.5. The maximum Gasteiger partial charge on any atom is 0.223 e. The normalized spacial score (nSPS) is 10.2. The number of benzene rings is 1. The van der Waals surface area contributed by atoms with E-state index in [4.69, 9.17) is 9.84 Å². The molecule has 0 radical (unpaired) electrons. The molecule has 92 valence electrons. The number of aliphatic hydroxyl groups is 1. The van der Waals surface area contributed by atoms with Crippen LogP contribution in [-0.2, 0) is 20.9 Å². The van der Waals surface area contributed by atoms with E-state index in [0.29, 0.717) is 13.0 Å². The number of rotatable bonds is 8. The van der Waals surface area contributed by atoms with Crippen molar-refractivity contribution in [3.05, 3.63) is 35.9 Å². The SMILES string of the molecule is O=C(CCCO)C(=O)COCc1ccccc1. The fraction of sp³-hybridized carbons (Fsp3) is 0.385. The van der Waals surface area contributed by atoms with Crippen molar-refractivity contribution in [1.29, 1.82) is 0 Å². The van der Waals surface area contributed by atoms with Gasteiger partial charge in [-0.2, -0.15) is 0 Å². The van der Waals surface area contributed by atoms with E-state index in [1.807, 2.05) is 30.3 Å². The lowest BCUT2D eigenvalue weighted by atomic mass is 10.1. The lowest BCUT2D eigenvalue weighted by molar-refractivity contribution is -0.139. The molecule has 1 aromatic rings. The summed E-state index contributed by atoms with van der Waals surface area (Å²) < 4.78 is 5.15. The van der Waals surface area contributed by atoms with Gasteiger partial charge in [-0.25, -0.2) is 0 Å². The summed E-state index contributed by atoms with van der Waals surface area (Å²) in [6.07, 6.45) is 0.410. The summed E-state index contributed by atoms with van der Waals surface area (Å²) in [5.41, 5.74) is 0.961. The Morgan fingerprint density at radius 1 is 1.12 bits per heavy atom. The molecule has 0 aromatic heterocycles. The number of aliphatic hydroxyl groups excluding tert-OH is 1. The van der Waals surface area contributed by atoms with E-state index in [-0.39, 0.29) is 19.6 Å². The van der Waals surface area contributed by atoms with Crippen molar-refractivity contribution in [2.75, 3.05) is 13.2 Å². The molecule has 17 heavy (non-hydrogen) atoms. The molecule has 0 saturated heterocycles. The fourth-order valence-electron chi connectivity index (χ4n) is 1.30. The van der Waals surface area contributed by atoms with E-state index in [2.05, 4.69) is 0 Å². The summed E-state index contributed by atoms with van der Waals surface area (Å²) in [6, 6.07) is 9.43. The molecule has 4 nitrogen and oxygen atoms in total. The molecule has 0 aliphatic rings. The zero-order chi connectivity index (χ0) is 12.5. The van der Waals surface area contributed by atoms with Crippen LogP contribution in [-0.4, -0.2) is 29.9 Å². The van der Waals surface area contributed by atoms with Crippen LogP contribution in [0.25, 0.3) is 0 Å². The molecule has 0 spiro atoms. The highest BCUT2D eigenvalue weighted by Gasteiger charge is 2.12. The molecule has 0 amide bonds. The first-order valence-electron chi connectivity index (χ1n) is 5.52. The molecule has 0 fully saturated rings. The van der Waals surface area contributed by atoms with Crippen molar-refractivity contribution in [2.24, 2.45) is 0 Å². The Labute approximate surface area is 100 Å². The van der Waals surface area contributed by atoms with Crippen molar-refractivity contribution < 1.29 is 19.4 Å². The van der Waals surface area contributed by atoms with Gasteiger partial charge in [0.15, 0.2) is 0 Å². The summed E-state index contributed by atoms with van der Waals surface area (Å²) in [5.74, 6) is -1.01. The van der Waals surface area contributed by atoms with E-state index < -0.39 is 11.6 Å². The van der Waals surface area contributed by atoms with E-state index >= 15 is 0 Å². The third kappa shape index (κ3) is 5.38. The Bertz CT molecular complexity index is 359. The maximum atomic E-state index is 11.3. The zero-order valence-electron chi connectivity index (χ0n) is 9.59. The topological polar surface area (TPSA) is 63.6 Å². The van der Waals surface area contributed by atoms with Gasteiger partial charge in [0, 0.05) is 13.0 Å². The van der Waals surface area contributed by atoms with Crippen LogP contribution >= 0.6 is 0 Å². The summed E-state index contributed by atoms with van der Waals surface area (Å²) >= 11 is 0. The highest BCUT2D eigenvalue weighted by atomic mass is 16.5. The van der Waals surface area contributed by atoms with E-state index in [1.54, 1.807) is 0 Å². The minimum atomic E-state index is -0.533. The molecule has 0 aliphatic carbocycles. The smallest absolute Gasteiger partial charge is 0.223 e. The van der Waals surface area contributed by atoms with Gasteiger partial charge in [-0.3, -0.25) is 9.59 Å². The summed E-state index contributed by atoms with van der Waals surface area (Å²) in [6.45, 7) is 0.0446. The highest BCUT2D eigenvalue weighted by Crippen LogP contribution is 2.00. The molecule has 0 unspecified atom stereocenters. The third-order valence-electron chi connectivity index (χ3n) is 2.22. The zero-order valence-corrected chi connectivity index (χ0v) is 9.59. The van der Waals surface area contributed by atoms with Gasteiger partial charge in [0.2, 0.25) is 11.6 Å². The molecule has 0 saturated carbocycles. The van der Waals surface area contributed by atoms with Crippen molar-refractivity contribution in [3.8, 4) is 0 Å². The highest BCUT2D eigenvalue weighted by molar-refractivity contribution is 6.37. The molecule has 1 N–H and O–H groups in total. The van der Waals surface area contributed by atoms with Crippen LogP contribution < -0.4 is 0 Å². The second kappa shape index (κ2) is 7.70. The number of ether oxygens (including phenoxy) is 1. The van der Waals surface area contributed by atoms with Crippen LogP contribution in [0.4, 0.5) is 0 Å². The predicted octanol–water partition coefficient (Wildman–Crippen LogP) is 1.11. The first-order valence-corrected chi connectivity index (χ1v) is 5.52. The van der Waals surface area contributed by atoms with Gasteiger partial charge < -0.3 is 9.84 Å². The van der Waals surface area contributed by atoms with Crippen molar-refractivity contribution in [2.45, 2.75) is 19.4 Å². The van der Waals surface area contributed by atoms with Gasteiger partial charge in [-0.05, 0) is 12.0 Å². The van der Waals surface area contributed by atoms with E-state index in [0.717, 1.165) is 5.56 Å². The Hall–Kier alpha value is -1.52. The quantitative estimate of drug-likeness (QED) is 0.687. The van der Waals surface area contributed by atoms with Crippen LogP contribution in [0.3, 0.4) is 0 Å². The Kier molecular flexibility index (Phi) is 6.14. The van der Waals surface area contributed by atoms with Gasteiger partial charge in [0.1, 0.15) is 6.61 Å². The van der Waals surface area contributed by atoms with Crippen molar-refractivity contribution in [3.63, 3.8) is 0 Å². The first-order chi connectivity index (χ1) is 8.24. The minimum Gasteiger partial charge on any atom is -0.396 e. The van der Waals surface area contributed by atoms with Crippen LogP contribution in [0.2, 0.25) is 0 Å². The van der Waals surface area contributed by atoms with Crippen LogP contribution in [0, 0.1) is 0 Å². The van der Waals surface area contributed by atoms with E-state index in [9.17, 15) is 9.59 Å². The molecule has 1 rings (SSSR count). The van der Waals surface area contributed by atoms with Crippen molar-refractivity contribution >= 4 is 11.6 Å². The summed E-state index contributed by atoms with van der Waals surface area (Å²) in [4.78, 5) is 22.5. The van der Waals surface area contributed by atoms with Gasteiger partial charge in [-0.15, -0.1) is 0 Å². The monoisotopic (exact) mass is 236 g/mol. The van der Waals surface area contributed by atoms with Gasteiger partial charge in [-0.1, -0.05) is 30.3 Å². The summed E-state index contributed by atoms with van der Waals surface area (Å²) in [5, 5.41) is 8.53. The fourth-order valence-corrected chi connectivity index (χ4v) is 1.30. The Morgan fingerprint density at radius 2 is 1.82 bits per heavy atom. The molecule has 0 bridgehead atoms. The molecule has 0 aliphatic heterocycles. The number of hydrogen-bond donors (Lipinski definition) is 1. The Balaban J connectivity index is 2.22. The Morgan fingerprint density at radius 3 is 2.47 bits per heavy atom. The lowest BCUT2D eigenvalue weighted by Gasteiger charge is -2.03. The molecule has 0 heterocycles. The van der Waals surface area contributed by atoms with E-state index in [1.165, 1.54) is 0 Å². The second-order valence-corrected chi connectivity index (χ2v) is 3.65. The second-order valence-electron chi connectivity index (χ2n) is 3.65. The van der Waals surface area contributed by atoms with Crippen LogP contribution in [0.5, 0.6) is 0 Å². The largest absolute Gasteiger partial charge is 0.396 e. The van der Waals surface area contributed by atoms with Crippen LogP contribution in [0.1, 0.15) is 18.4 Å². The number of Topliss-reactive ketones (excluding diaryl/α,β-unsaturated/α-hetero) is 2. The van der Waals surface area contributed by atoms with Crippen molar-refractivity contribution in [1.82, 2.24) is 0 Å². The number of hydrogen-bond acceptors (Lipinski definition) is 4. The van der Waals surface area contributed by atoms with Crippen LogP contribution in [0.15, 0.2) is 30.3 Å². The van der Waals surface area contributed by atoms with Gasteiger partial charge >= 0.3 is 0 Å². The number of ketones is 2. The molecule has 0 atom stereocenters. The molecule has 1 aromatic carbocycles. The average molecular weight is 236 g/mol. The minimum absolute atomic E-state index is 0.0795. The summed E-state index contributed by atoms with van der Waals surface area (Å²) in [7, 11) is 0. The molecule has 4 heteroatoms. The van der Waals surface area contributed by atoms with Gasteiger partial charge in [0.05, 0.1) is 6.61 Å². The standard InChI is InChI=1S/C13H16O4/c14-8-4-7-12(15)13(16)10-17-9-11-5-2-1-3-6-11/h1-3,5-6,14H,4,7-10H2. The molecular formula is C13H16O4. The average Bonchev–Trinajstić information content (AvgIpc) is 2.37. The predicted molar refractivity (Wildman–Crippen MR) is 62.4 cm³/mol. The lowest BCUT2D eigenvalue weighted by Crippen LogP contribution is -2.19. The van der Waals surface area contributed by atoms with Gasteiger partial charge in [0.25, 0.3) is 0 Å². The number of carbonyl (C=O) groups excluding carboxylic acids is 2. The number of carbonyl (C=O) groups is 2. The maximum absolute atomic E-state index is 11.3. The third-order valence-corrected chi connectivity index (χ3v) is 2.22.